The van der Waals surface area contributed by atoms with E-state index in [2.05, 4.69) is 15.5 Å². The Morgan fingerprint density at radius 3 is 2.67 bits per heavy atom. The third-order valence-electron chi connectivity index (χ3n) is 4.14. The van der Waals surface area contributed by atoms with Gasteiger partial charge < -0.3 is 9.67 Å². The van der Waals surface area contributed by atoms with Crippen LogP contribution in [0.1, 0.15) is 37.7 Å². The standard InChI is InChI=1S/C20H18N4O3/c1-13-10-16(12-22-23-19(25)15-6-5-9-21-11-15)14(2)24(13)18-8-4-3-7-17(18)20(26)27/h3-12H,1-2H3,(H,23,25)(H,26,27). The first-order chi connectivity index (χ1) is 13.0. The molecule has 136 valence electrons. The van der Waals surface area contributed by atoms with Crippen molar-refractivity contribution in [3.05, 3.63) is 82.9 Å². The molecular weight excluding hydrogens is 344 g/mol. The SMILES string of the molecule is Cc1cc(C=NNC(=O)c2cccnc2)c(C)n1-c1ccccc1C(=O)O. The van der Waals surface area contributed by atoms with Crippen molar-refractivity contribution in [3.8, 4) is 5.69 Å². The highest BCUT2D eigenvalue weighted by Crippen LogP contribution is 2.22. The first-order valence-electron chi connectivity index (χ1n) is 8.24. The average molecular weight is 362 g/mol. The number of hydrogen-bond donors (Lipinski definition) is 2. The Labute approximate surface area is 156 Å². The summed E-state index contributed by atoms with van der Waals surface area (Å²) in [5.41, 5.74) is 6.13. The van der Waals surface area contributed by atoms with Crippen LogP contribution in [-0.2, 0) is 0 Å². The molecule has 0 spiro atoms. The van der Waals surface area contributed by atoms with Gasteiger partial charge in [-0.05, 0) is 44.2 Å². The monoisotopic (exact) mass is 362 g/mol. The van der Waals surface area contributed by atoms with Gasteiger partial charge in [0.25, 0.3) is 5.91 Å². The van der Waals surface area contributed by atoms with Crippen LogP contribution in [0.3, 0.4) is 0 Å². The number of aryl methyl sites for hydroxylation is 1. The predicted octanol–water partition coefficient (Wildman–Crippen LogP) is 2.95. The van der Waals surface area contributed by atoms with Crippen molar-refractivity contribution in [3.63, 3.8) is 0 Å². The van der Waals surface area contributed by atoms with Crippen LogP contribution in [0.25, 0.3) is 5.69 Å². The van der Waals surface area contributed by atoms with Crippen molar-refractivity contribution < 1.29 is 14.7 Å². The summed E-state index contributed by atoms with van der Waals surface area (Å²) in [5.74, 6) is -1.35. The lowest BCUT2D eigenvalue weighted by atomic mass is 10.1. The number of nitrogens with one attached hydrogen (secondary N) is 1. The molecule has 7 heteroatoms. The second kappa shape index (κ2) is 7.65. The van der Waals surface area contributed by atoms with Gasteiger partial charge in [-0.1, -0.05) is 12.1 Å². The first-order valence-corrected chi connectivity index (χ1v) is 8.24. The zero-order valence-electron chi connectivity index (χ0n) is 14.9. The summed E-state index contributed by atoms with van der Waals surface area (Å²) < 4.78 is 1.85. The summed E-state index contributed by atoms with van der Waals surface area (Å²) in [6.45, 7) is 3.76. The van der Waals surface area contributed by atoms with Crippen LogP contribution >= 0.6 is 0 Å². The summed E-state index contributed by atoms with van der Waals surface area (Å²) in [4.78, 5) is 27.4. The molecule has 2 N–H and O–H groups in total. The maximum absolute atomic E-state index is 12.0. The van der Waals surface area contributed by atoms with Gasteiger partial charge in [0.05, 0.1) is 23.0 Å². The Morgan fingerprint density at radius 2 is 1.96 bits per heavy atom. The van der Waals surface area contributed by atoms with Crippen molar-refractivity contribution in [1.29, 1.82) is 0 Å². The van der Waals surface area contributed by atoms with Crippen molar-refractivity contribution in [1.82, 2.24) is 15.0 Å². The Morgan fingerprint density at radius 1 is 1.19 bits per heavy atom. The summed E-state index contributed by atoms with van der Waals surface area (Å²) in [6, 6.07) is 12.0. The molecule has 2 heterocycles. The first kappa shape index (κ1) is 18.1. The minimum atomic E-state index is -0.989. The van der Waals surface area contributed by atoms with E-state index in [0.29, 0.717) is 11.3 Å². The van der Waals surface area contributed by atoms with E-state index in [-0.39, 0.29) is 11.5 Å². The maximum Gasteiger partial charge on any atom is 0.337 e. The van der Waals surface area contributed by atoms with Crippen LogP contribution in [0, 0.1) is 13.8 Å². The van der Waals surface area contributed by atoms with Crippen LogP contribution in [0.4, 0.5) is 0 Å². The molecule has 1 aromatic carbocycles. The molecule has 0 unspecified atom stereocenters. The van der Waals surface area contributed by atoms with E-state index in [0.717, 1.165) is 17.0 Å². The fourth-order valence-electron chi connectivity index (χ4n) is 2.86. The van der Waals surface area contributed by atoms with Crippen LogP contribution in [0.15, 0.2) is 60.0 Å². The molecule has 1 amide bonds. The fourth-order valence-corrected chi connectivity index (χ4v) is 2.86. The molecule has 7 nitrogen and oxygen atoms in total. The van der Waals surface area contributed by atoms with Gasteiger partial charge in [0, 0.05) is 29.3 Å². The van der Waals surface area contributed by atoms with E-state index >= 15 is 0 Å². The summed E-state index contributed by atoms with van der Waals surface area (Å²) in [7, 11) is 0. The molecule has 0 aliphatic heterocycles. The van der Waals surface area contributed by atoms with Crippen molar-refractivity contribution in [2.24, 2.45) is 5.10 Å². The van der Waals surface area contributed by atoms with E-state index in [1.807, 2.05) is 24.5 Å². The third kappa shape index (κ3) is 3.77. The molecular formula is C20H18N4O3. The number of carboxylic acid groups (broad SMARTS) is 1. The number of benzene rings is 1. The minimum absolute atomic E-state index is 0.215. The van der Waals surface area contributed by atoms with Gasteiger partial charge in [-0.3, -0.25) is 9.78 Å². The molecule has 0 atom stereocenters. The number of aromatic carboxylic acids is 1. The van der Waals surface area contributed by atoms with E-state index in [1.54, 1.807) is 42.6 Å². The Kier molecular flexibility index (Phi) is 5.12. The largest absolute Gasteiger partial charge is 0.478 e. The molecule has 0 saturated heterocycles. The third-order valence-corrected chi connectivity index (χ3v) is 4.14. The van der Waals surface area contributed by atoms with Gasteiger partial charge in [-0.25, -0.2) is 10.2 Å². The summed E-state index contributed by atoms with van der Waals surface area (Å²) in [5, 5.41) is 13.4. The predicted molar refractivity (Wildman–Crippen MR) is 101 cm³/mol. The lowest BCUT2D eigenvalue weighted by Gasteiger charge is -2.12. The number of carbonyl (C=O) groups is 2. The normalized spacial score (nSPS) is 10.9. The average Bonchev–Trinajstić information content (AvgIpc) is 2.95. The molecule has 2 aromatic heterocycles. The molecule has 27 heavy (non-hydrogen) atoms. The van der Waals surface area contributed by atoms with E-state index < -0.39 is 5.97 Å². The number of rotatable bonds is 5. The molecule has 3 rings (SSSR count). The van der Waals surface area contributed by atoms with Gasteiger partial charge in [0.15, 0.2) is 0 Å². The highest BCUT2D eigenvalue weighted by molar-refractivity contribution is 5.95. The lowest BCUT2D eigenvalue weighted by molar-refractivity contribution is 0.0696. The highest BCUT2D eigenvalue weighted by Gasteiger charge is 2.15. The second-order valence-electron chi connectivity index (χ2n) is 5.93. The number of pyridine rings is 1. The zero-order valence-corrected chi connectivity index (χ0v) is 14.9. The van der Waals surface area contributed by atoms with Crippen LogP contribution in [0.5, 0.6) is 0 Å². The van der Waals surface area contributed by atoms with Crippen molar-refractivity contribution in [2.45, 2.75) is 13.8 Å². The maximum atomic E-state index is 12.0. The van der Waals surface area contributed by atoms with Crippen LogP contribution in [0.2, 0.25) is 0 Å². The van der Waals surface area contributed by atoms with E-state index in [4.69, 9.17) is 0 Å². The summed E-state index contributed by atoms with van der Waals surface area (Å²) in [6.07, 6.45) is 4.58. The fraction of sp³-hybridized carbons (Fsp3) is 0.100. The Bertz CT molecular complexity index is 1020. The topological polar surface area (TPSA) is 96.6 Å². The molecule has 0 bridgehead atoms. The smallest absolute Gasteiger partial charge is 0.337 e. The van der Waals surface area contributed by atoms with Crippen LogP contribution < -0.4 is 5.43 Å². The second-order valence-corrected chi connectivity index (χ2v) is 5.93. The highest BCUT2D eigenvalue weighted by atomic mass is 16.4. The number of amides is 1. The molecule has 0 aliphatic carbocycles. The van der Waals surface area contributed by atoms with Gasteiger partial charge in [0.2, 0.25) is 0 Å². The number of hydrogen-bond acceptors (Lipinski definition) is 4. The molecule has 3 aromatic rings. The molecule has 0 aliphatic rings. The van der Waals surface area contributed by atoms with Gasteiger partial charge in [0.1, 0.15) is 0 Å². The van der Waals surface area contributed by atoms with Crippen molar-refractivity contribution in [2.75, 3.05) is 0 Å². The number of carboxylic acids is 1. The Balaban J connectivity index is 1.87. The van der Waals surface area contributed by atoms with Crippen LogP contribution in [-0.4, -0.2) is 32.7 Å². The van der Waals surface area contributed by atoms with E-state index in [1.165, 1.54) is 12.4 Å². The van der Waals surface area contributed by atoms with Crippen molar-refractivity contribution >= 4 is 18.1 Å². The number of carbonyl (C=O) groups excluding carboxylic acids is 1. The number of aromatic nitrogens is 2. The Hall–Kier alpha value is -3.74. The molecule has 0 radical (unpaired) electrons. The van der Waals surface area contributed by atoms with Gasteiger partial charge >= 0.3 is 5.97 Å². The number of hydrazone groups is 1. The quantitative estimate of drug-likeness (QED) is 0.539. The van der Waals surface area contributed by atoms with Gasteiger partial charge in [-0.2, -0.15) is 5.10 Å². The number of nitrogens with zero attached hydrogens (tertiary/aromatic N) is 3. The van der Waals surface area contributed by atoms with Gasteiger partial charge in [-0.15, -0.1) is 0 Å². The zero-order chi connectivity index (χ0) is 19.4. The minimum Gasteiger partial charge on any atom is -0.478 e. The van der Waals surface area contributed by atoms with E-state index in [9.17, 15) is 14.7 Å². The molecule has 0 fully saturated rings. The lowest BCUT2D eigenvalue weighted by Crippen LogP contribution is -2.17. The summed E-state index contributed by atoms with van der Waals surface area (Å²) >= 11 is 0. The molecule has 0 saturated carbocycles. The number of para-hydroxylation sites is 1.